The molecular formula is C21H36IN5OS. The molecule has 6 nitrogen and oxygen atoms in total. The number of aromatic nitrogens is 1. The monoisotopic (exact) mass is 533 g/mol. The highest BCUT2D eigenvalue weighted by Crippen LogP contribution is 2.26. The average molecular weight is 534 g/mol. The lowest BCUT2D eigenvalue weighted by Crippen LogP contribution is -2.45. The largest absolute Gasteiger partial charge is 0.352 e. The lowest BCUT2D eigenvalue weighted by Gasteiger charge is -2.26. The van der Waals surface area contributed by atoms with Crippen LogP contribution in [0, 0.1) is 11.8 Å². The number of amides is 1. The van der Waals surface area contributed by atoms with Gasteiger partial charge in [-0.1, -0.05) is 33.1 Å². The maximum Gasteiger partial charge on any atom is 0.225 e. The number of rotatable bonds is 6. The minimum atomic E-state index is 0. The summed E-state index contributed by atoms with van der Waals surface area (Å²) in [4.78, 5) is 24.9. The summed E-state index contributed by atoms with van der Waals surface area (Å²) in [7, 11) is 1.80. The number of nitrogens with zero attached hydrogens (tertiary/aromatic N) is 3. The third-order valence-electron chi connectivity index (χ3n) is 5.63. The number of aliphatic imine (C=N–C) groups is 1. The molecule has 1 aromatic heterocycles. The van der Waals surface area contributed by atoms with Crippen LogP contribution < -0.4 is 10.6 Å². The predicted octanol–water partition coefficient (Wildman–Crippen LogP) is 3.81. The van der Waals surface area contributed by atoms with Crippen LogP contribution in [0.25, 0.3) is 0 Å². The van der Waals surface area contributed by atoms with Crippen molar-refractivity contribution in [2.75, 3.05) is 20.1 Å². The van der Waals surface area contributed by atoms with Crippen molar-refractivity contribution in [2.24, 2.45) is 16.8 Å². The van der Waals surface area contributed by atoms with Gasteiger partial charge in [0.1, 0.15) is 0 Å². The number of hydrogen-bond donors (Lipinski definition) is 2. The van der Waals surface area contributed by atoms with Crippen molar-refractivity contribution in [1.29, 1.82) is 0 Å². The number of guanidine groups is 1. The van der Waals surface area contributed by atoms with Crippen molar-refractivity contribution in [1.82, 2.24) is 20.5 Å². The molecule has 0 bridgehead atoms. The molecule has 1 saturated heterocycles. The minimum Gasteiger partial charge on any atom is -0.352 e. The maximum absolute atomic E-state index is 12.7. The second-order valence-corrected chi connectivity index (χ2v) is 9.69. The highest BCUT2D eigenvalue weighted by molar-refractivity contribution is 14.0. The van der Waals surface area contributed by atoms with Gasteiger partial charge in [-0.2, -0.15) is 0 Å². The lowest BCUT2D eigenvalue weighted by atomic mass is 9.88. The van der Waals surface area contributed by atoms with Gasteiger partial charge in [0.15, 0.2) is 5.96 Å². The molecule has 1 saturated carbocycles. The van der Waals surface area contributed by atoms with Crippen molar-refractivity contribution in [3.8, 4) is 0 Å². The van der Waals surface area contributed by atoms with E-state index >= 15 is 0 Å². The molecule has 1 aromatic rings. The van der Waals surface area contributed by atoms with Gasteiger partial charge in [-0.05, 0) is 25.2 Å². The minimum absolute atomic E-state index is 0. The van der Waals surface area contributed by atoms with Crippen molar-refractivity contribution in [3.63, 3.8) is 0 Å². The quantitative estimate of drug-likeness (QED) is 0.332. The number of halogens is 1. The smallest absolute Gasteiger partial charge is 0.225 e. The van der Waals surface area contributed by atoms with E-state index in [2.05, 4.69) is 39.4 Å². The number of hydrogen-bond acceptors (Lipinski definition) is 4. The van der Waals surface area contributed by atoms with Crippen molar-refractivity contribution < 1.29 is 4.79 Å². The Balaban J connectivity index is 0.00000300. The van der Waals surface area contributed by atoms with Crippen LogP contribution in [-0.2, 0) is 17.8 Å². The topological polar surface area (TPSA) is 69.6 Å². The van der Waals surface area contributed by atoms with Crippen LogP contribution >= 0.6 is 35.3 Å². The van der Waals surface area contributed by atoms with Gasteiger partial charge in [-0.3, -0.25) is 9.79 Å². The molecule has 1 aliphatic carbocycles. The summed E-state index contributed by atoms with van der Waals surface area (Å²) >= 11 is 1.77. The second-order valence-electron chi connectivity index (χ2n) is 8.49. The maximum atomic E-state index is 12.7. The molecule has 164 valence electrons. The lowest BCUT2D eigenvalue weighted by molar-refractivity contribution is -0.135. The summed E-state index contributed by atoms with van der Waals surface area (Å²) in [6, 6.07) is 0.275. The van der Waals surface area contributed by atoms with Gasteiger partial charge in [-0.15, -0.1) is 35.3 Å². The summed E-state index contributed by atoms with van der Waals surface area (Å²) in [5.74, 6) is 2.06. The standard InChI is InChI=1S/C21H35N5OS.HI/c1-15(2)11-19-23-12-18(28-19)13-24-21(22-3)25-17-9-10-26(14-17)20(27)16-7-5-4-6-8-16;/h12,15-17H,4-11,13-14H2,1-3H3,(H2,22,24,25);1H. The first-order valence-corrected chi connectivity index (χ1v) is 11.6. The summed E-state index contributed by atoms with van der Waals surface area (Å²) in [6.07, 6.45) is 9.83. The molecule has 3 rings (SSSR count). The molecule has 2 fully saturated rings. The number of carbonyl (C=O) groups is 1. The fourth-order valence-corrected chi connectivity index (χ4v) is 5.19. The summed E-state index contributed by atoms with van der Waals surface area (Å²) in [5.41, 5.74) is 0. The van der Waals surface area contributed by atoms with E-state index in [9.17, 15) is 4.79 Å². The van der Waals surface area contributed by atoms with Gasteiger partial charge >= 0.3 is 0 Å². The van der Waals surface area contributed by atoms with E-state index in [4.69, 9.17) is 0 Å². The van der Waals surface area contributed by atoms with Crippen LogP contribution in [0.1, 0.15) is 62.3 Å². The SMILES string of the molecule is CN=C(NCc1cnc(CC(C)C)s1)NC1CCN(C(=O)C2CCCCC2)C1.I. The molecule has 8 heteroatoms. The van der Waals surface area contributed by atoms with Gasteiger partial charge in [0.2, 0.25) is 5.91 Å². The third-order valence-corrected chi connectivity index (χ3v) is 6.65. The number of nitrogens with one attached hydrogen (secondary N) is 2. The Morgan fingerprint density at radius 3 is 2.76 bits per heavy atom. The molecule has 0 radical (unpaired) electrons. The fraction of sp³-hybridized carbons (Fsp3) is 0.762. The molecule has 2 heterocycles. The molecule has 1 amide bonds. The zero-order valence-corrected chi connectivity index (χ0v) is 21.1. The van der Waals surface area contributed by atoms with E-state index in [0.29, 0.717) is 11.8 Å². The van der Waals surface area contributed by atoms with E-state index < -0.39 is 0 Å². The third kappa shape index (κ3) is 7.38. The van der Waals surface area contributed by atoms with E-state index in [1.165, 1.54) is 29.1 Å². The van der Waals surface area contributed by atoms with E-state index in [1.807, 2.05) is 6.20 Å². The summed E-state index contributed by atoms with van der Waals surface area (Å²) in [6.45, 7) is 6.81. The van der Waals surface area contributed by atoms with Crippen molar-refractivity contribution in [2.45, 2.75) is 71.4 Å². The van der Waals surface area contributed by atoms with Crippen LogP contribution in [0.4, 0.5) is 0 Å². The Kier molecular flexibility index (Phi) is 10.1. The second kappa shape index (κ2) is 12.1. The van der Waals surface area contributed by atoms with E-state index in [1.54, 1.807) is 18.4 Å². The van der Waals surface area contributed by atoms with Gasteiger partial charge < -0.3 is 15.5 Å². The molecule has 0 aromatic carbocycles. The summed E-state index contributed by atoms with van der Waals surface area (Å²) in [5, 5.41) is 8.08. The van der Waals surface area contributed by atoms with E-state index in [-0.39, 0.29) is 35.9 Å². The van der Waals surface area contributed by atoms with Crippen LogP contribution in [0.5, 0.6) is 0 Å². The Bertz CT molecular complexity index is 672. The first-order chi connectivity index (χ1) is 13.5. The molecule has 1 unspecified atom stereocenters. The Morgan fingerprint density at radius 2 is 2.07 bits per heavy atom. The molecule has 0 spiro atoms. The first-order valence-electron chi connectivity index (χ1n) is 10.7. The Hall–Kier alpha value is -0.900. The summed E-state index contributed by atoms with van der Waals surface area (Å²) < 4.78 is 0. The normalized spacial score (nSPS) is 20.6. The van der Waals surface area contributed by atoms with Gasteiger partial charge in [0.25, 0.3) is 0 Å². The van der Waals surface area contributed by atoms with Gasteiger partial charge in [-0.25, -0.2) is 4.98 Å². The van der Waals surface area contributed by atoms with Crippen molar-refractivity contribution >= 4 is 47.2 Å². The number of carbonyl (C=O) groups excluding carboxylic acids is 1. The fourth-order valence-electron chi connectivity index (χ4n) is 4.12. The zero-order valence-electron chi connectivity index (χ0n) is 17.9. The highest BCUT2D eigenvalue weighted by atomic mass is 127. The average Bonchev–Trinajstić information content (AvgIpc) is 3.34. The van der Waals surface area contributed by atoms with Crippen LogP contribution in [0.2, 0.25) is 0 Å². The Labute approximate surface area is 196 Å². The van der Waals surface area contributed by atoms with Crippen molar-refractivity contribution in [3.05, 3.63) is 16.1 Å². The molecular weight excluding hydrogens is 497 g/mol. The zero-order chi connectivity index (χ0) is 19.9. The molecule has 1 atom stereocenters. The first kappa shape index (κ1) is 24.4. The van der Waals surface area contributed by atoms with Gasteiger partial charge in [0.05, 0.1) is 11.6 Å². The highest BCUT2D eigenvalue weighted by Gasteiger charge is 2.31. The van der Waals surface area contributed by atoms with Crippen LogP contribution in [0.3, 0.4) is 0 Å². The molecule has 29 heavy (non-hydrogen) atoms. The van der Waals surface area contributed by atoms with E-state index in [0.717, 1.165) is 51.3 Å². The number of thiazole rings is 1. The molecule has 1 aliphatic heterocycles. The molecule has 2 aliphatic rings. The molecule has 2 N–H and O–H groups in total. The van der Waals surface area contributed by atoms with Crippen LogP contribution in [-0.4, -0.2) is 47.9 Å². The number of likely N-dealkylation sites (tertiary alicyclic amines) is 1. The van der Waals surface area contributed by atoms with Crippen LogP contribution in [0.15, 0.2) is 11.2 Å². The predicted molar refractivity (Wildman–Crippen MR) is 131 cm³/mol. The van der Waals surface area contributed by atoms with Gasteiger partial charge in [0, 0.05) is 49.6 Å². The Morgan fingerprint density at radius 1 is 1.31 bits per heavy atom.